The third kappa shape index (κ3) is 5.06. The maximum Gasteiger partial charge on any atom is 0.407 e. The van der Waals surface area contributed by atoms with Crippen molar-refractivity contribution >= 4 is 23.8 Å². The molecule has 0 aliphatic heterocycles. The molecular weight excluding hydrogens is 434 g/mol. The minimum Gasteiger partial charge on any atom is -0.480 e. The van der Waals surface area contributed by atoms with Gasteiger partial charge in [-0.1, -0.05) is 78.9 Å². The van der Waals surface area contributed by atoms with Gasteiger partial charge in [0.2, 0.25) is 0 Å². The first-order chi connectivity index (χ1) is 15.9. The van der Waals surface area contributed by atoms with Crippen molar-refractivity contribution in [2.24, 2.45) is 0 Å². The standard InChI is InChI=1S/C27H27NO4S/c1-27(2,33-17-18-10-4-3-5-11-18)24(25(29)30)28-26(31)32-16-23-21-14-8-6-12-19(21)20-13-7-9-15-22(20)23/h3-15,23-24H,16-17H2,1-2H3,(H,28,31)(H,29,30)/t24-/m1/s1. The van der Waals surface area contributed by atoms with Gasteiger partial charge in [0.25, 0.3) is 0 Å². The van der Waals surface area contributed by atoms with Crippen molar-refractivity contribution in [3.05, 3.63) is 95.6 Å². The summed E-state index contributed by atoms with van der Waals surface area (Å²) in [6.07, 6.45) is -0.724. The number of thioether (sulfide) groups is 1. The van der Waals surface area contributed by atoms with Crippen molar-refractivity contribution in [2.45, 2.75) is 36.3 Å². The van der Waals surface area contributed by atoms with Gasteiger partial charge >= 0.3 is 12.1 Å². The van der Waals surface area contributed by atoms with Crippen LogP contribution in [0.2, 0.25) is 0 Å². The summed E-state index contributed by atoms with van der Waals surface area (Å²) in [4.78, 5) is 24.7. The molecule has 0 fully saturated rings. The number of hydrogen-bond acceptors (Lipinski definition) is 4. The number of amides is 1. The maximum absolute atomic E-state index is 12.7. The van der Waals surface area contributed by atoms with E-state index in [-0.39, 0.29) is 12.5 Å². The number of carboxylic acids is 1. The van der Waals surface area contributed by atoms with Gasteiger partial charge in [0, 0.05) is 16.4 Å². The van der Waals surface area contributed by atoms with Crippen LogP contribution in [0, 0.1) is 0 Å². The fraction of sp³-hybridized carbons (Fsp3) is 0.259. The molecule has 0 saturated carbocycles. The number of nitrogens with one attached hydrogen (secondary N) is 1. The van der Waals surface area contributed by atoms with Crippen molar-refractivity contribution in [1.29, 1.82) is 0 Å². The Morgan fingerprint density at radius 3 is 2.06 bits per heavy atom. The fourth-order valence-electron chi connectivity index (χ4n) is 4.22. The first-order valence-electron chi connectivity index (χ1n) is 10.9. The lowest BCUT2D eigenvalue weighted by Crippen LogP contribution is -2.52. The summed E-state index contributed by atoms with van der Waals surface area (Å²) in [5, 5.41) is 12.4. The lowest BCUT2D eigenvalue weighted by molar-refractivity contribution is -0.140. The minimum atomic E-state index is -1.10. The molecule has 0 saturated heterocycles. The SMILES string of the molecule is CC(C)(SCc1ccccc1)[C@H](NC(=O)OCC1c2ccccc2-c2ccccc21)C(=O)O. The van der Waals surface area contributed by atoms with Crippen LogP contribution in [0.25, 0.3) is 11.1 Å². The van der Waals surface area contributed by atoms with E-state index in [1.165, 1.54) is 11.8 Å². The first-order valence-corrected chi connectivity index (χ1v) is 11.9. The number of hydrogen-bond donors (Lipinski definition) is 2. The molecule has 0 bridgehead atoms. The van der Waals surface area contributed by atoms with Crippen LogP contribution in [-0.4, -0.2) is 34.6 Å². The molecule has 0 heterocycles. The zero-order chi connectivity index (χ0) is 23.4. The predicted molar refractivity (Wildman–Crippen MR) is 131 cm³/mol. The molecule has 0 aromatic heterocycles. The Morgan fingerprint density at radius 1 is 0.939 bits per heavy atom. The van der Waals surface area contributed by atoms with E-state index in [1.807, 2.05) is 80.6 Å². The Labute approximate surface area is 198 Å². The highest BCUT2D eigenvalue weighted by Gasteiger charge is 2.38. The number of alkyl carbamates (subject to hydrolysis) is 1. The normalized spacial score (nSPS) is 13.6. The van der Waals surface area contributed by atoms with Gasteiger partial charge in [-0.05, 0) is 41.7 Å². The lowest BCUT2D eigenvalue weighted by Gasteiger charge is -2.31. The Morgan fingerprint density at radius 2 is 1.48 bits per heavy atom. The van der Waals surface area contributed by atoms with Gasteiger partial charge in [0.1, 0.15) is 12.6 Å². The molecule has 1 aliphatic carbocycles. The summed E-state index contributed by atoms with van der Waals surface area (Å²) >= 11 is 1.48. The van der Waals surface area contributed by atoms with Gasteiger partial charge in [-0.3, -0.25) is 0 Å². The molecule has 1 amide bonds. The number of benzene rings is 3. The van der Waals surface area contributed by atoms with E-state index in [9.17, 15) is 14.7 Å². The zero-order valence-electron chi connectivity index (χ0n) is 18.7. The summed E-state index contributed by atoms with van der Waals surface area (Å²) in [5.41, 5.74) is 5.61. The second-order valence-electron chi connectivity index (χ2n) is 8.62. The highest BCUT2D eigenvalue weighted by Crippen LogP contribution is 2.44. The Bertz CT molecular complexity index is 1100. The van der Waals surface area contributed by atoms with Crippen molar-refractivity contribution in [2.75, 3.05) is 6.61 Å². The molecule has 1 atom stereocenters. The number of ether oxygens (including phenoxy) is 1. The second-order valence-corrected chi connectivity index (χ2v) is 10.2. The summed E-state index contributed by atoms with van der Waals surface area (Å²) in [6, 6.07) is 24.9. The van der Waals surface area contributed by atoms with Crippen LogP contribution in [-0.2, 0) is 15.3 Å². The first kappa shape index (κ1) is 22.9. The molecular formula is C27H27NO4S. The summed E-state index contributed by atoms with van der Waals surface area (Å²) in [7, 11) is 0. The third-order valence-corrected chi connectivity index (χ3v) is 7.46. The number of aliphatic carboxylic acids is 1. The lowest BCUT2D eigenvalue weighted by atomic mass is 9.98. The molecule has 5 nitrogen and oxygen atoms in total. The van der Waals surface area contributed by atoms with E-state index in [4.69, 9.17) is 4.74 Å². The summed E-state index contributed by atoms with van der Waals surface area (Å²) < 4.78 is 4.81. The van der Waals surface area contributed by atoms with Crippen molar-refractivity contribution < 1.29 is 19.4 Å². The molecule has 4 rings (SSSR count). The van der Waals surface area contributed by atoms with Crippen LogP contribution in [0.3, 0.4) is 0 Å². The van der Waals surface area contributed by atoms with Crippen molar-refractivity contribution in [3.8, 4) is 11.1 Å². The van der Waals surface area contributed by atoms with Gasteiger partial charge in [-0.15, -0.1) is 11.8 Å². The highest BCUT2D eigenvalue weighted by atomic mass is 32.2. The van der Waals surface area contributed by atoms with Gasteiger partial charge in [-0.2, -0.15) is 0 Å². The van der Waals surface area contributed by atoms with Crippen LogP contribution >= 0.6 is 11.8 Å². The quantitative estimate of drug-likeness (QED) is 0.451. The second kappa shape index (κ2) is 9.71. The Kier molecular flexibility index (Phi) is 6.75. The molecule has 2 N–H and O–H groups in total. The average molecular weight is 462 g/mol. The highest BCUT2D eigenvalue weighted by molar-refractivity contribution is 7.99. The van der Waals surface area contributed by atoms with E-state index in [0.29, 0.717) is 5.75 Å². The number of carbonyl (C=O) groups excluding carboxylic acids is 1. The average Bonchev–Trinajstić information content (AvgIpc) is 3.14. The van der Waals surface area contributed by atoms with Crippen LogP contribution in [0.5, 0.6) is 0 Å². The van der Waals surface area contributed by atoms with Gasteiger partial charge in [0.15, 0.2) is 0 Å². The van der Waals surface area contributed by atoms with Crippen LogP contribution < -0.4 is 5.32 Å². The predicted octanol–water partition coefficient (Wildman–Crippen LogP) is 5.69. The number of carboxylic acid groups (broad SMARTS) is 1. The van der Waals surface area contributed by atoms with E-state index in [0.717, 1.165) is 27.8 Å². The Balaban J connectivity index is 1.41. The maximum atomic E-state index is 12.7. The molecule has 33 heavy (non-hydrogen) atoms. The summed E-state index contributed by atoms with van der Waals surface area (Å²) in [6.45, 7) is 3.79. The van der Waals surface area contributed by atoms with E-state index >= 15 is 0 Å². The zero-order valence-corrected chi connectivity index (χ0v) is 19.5. The smallest absolute Gasteiger partial charge is 0.407 e. The summed E-state index contributed by atoms with van der Waals surface area (Å²) in [5.74, 6) is -0.523. The largest absolute Gasteiger partial charge is 0.480 e. The monoisotopic (exact) mass is 461 g/mol. The topological polar surface area (TPSA) is 75.6 Å². The van der Waals surface area contributed by atoms with Crippen LogP contribution in [0.15, 0.2) is 78.9 Å². The van der Waals surface area contributed by atoms with Crippen LogP contribution in [0.4, 0.5) is 4.79 Å². The van der Waals surface area contributed by atoms with E-state index in [2.05, 4.69) is 17.4 Å². The molecule has 6 heteroatoms. The molecule has 170 valence electrons. The van der Waals surface area contributed by atoms with Crippen LogP contribution in [0.1, 0.15) is 36.5 Å². The minimum absolute atomic E-state index is 0.0770. The number of fused-ring (bicyclic) bond motifs is 3. The number of rotatable bonds is 8. The van der Waals surface area contributed by atoms with Crippen molar-refractivity contribution in [1.82, 2.24) is 5.32 Å². The third-order valence-electron chi connectivity index (χ3n) is 6.00. The van der Waals surface area contributed by atoms with Gasteiger partial charge in [0.05, 0.1) is 0 Å². The molecule has 1 aliphatic rings. The van der Waals surface area contributed by atoms with E-state index < -0.39 is 22.9 Å². The molecule has 0 unspecified atom stereocenters. The van der Waals surface area contributed by atoms with Gasteiger partial charge < -0.3 is 15.2 Å². The van der Waals surface area contributed by atoms with E-state index in [1.54, 1.807) is 0 Å². The molecule has 3 aromatic carbocycles. The van der Waals surface area contributed by atoms with Gasteiger partial charge in [-0.25, -0.2) is 9.59 Å². The number of carbonyl (C=O) groups is 2. The Hall–Kier alpha value is -3.25. The molecule has 0 radical (unpaired) electrons. The fourth-order valence-corrected chi connectivity index (χ4v) is 5.28. The molecule has 0 spiro atoms. The van der Waals surface area contributed by atoms with Crippen molar-refractivity contribution in [3.63, 3.8) is 0 Å². The molecule has 3 aromatic rings.